The van der Waals surface area contributed by atoms with E-state index in [2.05, 4.69) is 24.6 Å². The highest BCUT2D eigenvalue weighted by Crippen LogP contribution is 2.27. The summed E-state index contributed by atoms with van der Waals surface area (Å²) < 4.78 is 43.8. The predicted octanol–water partition coefficient (Wildman–Crippen LogP) is 1.76. The molecule has 8 nitrogen and oxygen atoms in total. The minimum atomic E-state index is -4.62. The lowest BCUT2D eigenvalue weighted by Crippen LogP contribution is -2.47. The van der Waals surface area contributed by atoms with Crippen molar-refractivity contribution in [2.24, 2.45) is 0 Å². The van der Waals surface area contributed by atoms with Gasteiger partial charge in [0.15, 0.2) is 0 Å². The van der Waals surface area contributed by atoms with Gasteiger partial charge in [-0.1, -0.05) is 20.8 Å². The van der Waals surface area contributed by atoms with Gasteiger partial charge in [-0.05, 0) is 6.07 Å². The van der Waals surface area contributed by atoms with E-state index >= 15 is 0 Å². The molecule has 3 rings (SSSR count). The molecule has 0 saturated carbocycles. The molecule has 11 heteroatoms. The molecule has 0 aliphatic carbocycles. The van der Waals surface area contributed by atoms with Crippen LogP contribution >= 0.6 is 0 Å². The van der Waals surface area contributed by atoms with Crippen LogP contribution in [0.25, 0.3) is 0 Å². The van der Waals surface area contributed by atoms with E-state index in [9.17, 15) is 18.0 Å². The maximum absolute atomic E-state index is 12.5. The van der Waals surface area contributed by atoms with Gasteiger partial charge in [0.25, 0.3) is 5.56 Å². The Morgan fingerprint density at radius 1 is 1.00 bits per heavy atom. The Balaban J connectivity index is 1.49. The third-order valence-electron chi connectivity index (χ3n) is 4.80. The van der Waals surface area contributed by atoms with Crippen LogP contribution in [0.4, 0.5) is 13.2 Å². The molecule has 0 bridgehead atoms. The van der Waals surface area contributed by atoms with Gasteiger partial charge in [-0.2, -0.15) is 18.3 Å². The topological polar surface area (TPSA) is 80.3 Å². The minimum Gasteiger partial charge on any atom is -0.416 e. The van der Waals surface area contributed by atoms with E-state index in [0.29, 0.717) is 26.2 Å². The van der Waals surface area contributed by atoms with Gasteiger partial charge < -0.3 is 4.42 Å². The van der Waals surface area contributed by atoms with Crippen molar-refractivity contribution in [1.82, 2.24) is 29.8 Å². The summed E-state index contributed by atoms with van der Waals surface area (Å²) in [7, 11) is 0. The number of alkyl halides is 3. The van der Waals surface area contributed by atoms with Crippen LogP contribution in [0, 0.1) is 0 Å². The van der Waals surface area contributed by atoms with Crippen LogP contribution in [-0.2, 0) is 24.7 Å². The van der Waals surface area contributed by atoms with E-state index in [0.717, 1.165) is 18.8 Å². The van der Waals surface area contributed by atoms with Gasteiger partial charge in [-0.15, -0.1) is 10.2 Å². The molecule has 1 fully saturated rings. The number of hydrogen-bond acceptors (Lipinski definition) is 7. The monoisotopic (exact) mass is 414 g/mol. The Hall–Kier alpha value is -2.27. The van der Waals surface area contributed by atoms with Crippen LogP contribution in [0.1, 0.15) is 38.2 Å². The molecular weight excluding hydrogens is 389 g/mol. The molecule has 29 heavy (non-hydrogen) atoms. The number of piperazine rings is 1. The van der Waals surface area contributed by atoms with Crippen molar-refractivity contribution < 1.29 is 17.6 Å². The smallest absolute Gasteiger partial charge is 0.416 e. The standard InChI is InChI=1S/C18H25F3N6O2/c1-17(2,3)13-4-5-15(28)27(24-13)11-10-25-6-8-26(9-7-25)12-14-22-23-16(29-14)18(19,20)21/h4-5H,6-12H2,1-3H3. The third kappa shape index (κ3) is 5.63. The summed E-state index contributed by atoms with van der Waals surface area (Å²) in [6.45, 7) is 10.3. The summed E-state index contributed by atoms with van der Waals surface area (Å²) in [5.41, 5.74) is 0.593. The van der Waals surface area contributed by atoms with Crippen LogP contribution < -0.4 is 5.56 Å². The molecule has 0 radical (unpaired) electrons. The van der Waals surface area contributed by atoms with E-state index in [1.165, 1.54) is 4.68 Å². The van der Waals surface area contributed by atoms with Gasteiger partial charge in [0, 0.05) is 44.2 Å². The predicted molar refractivity (Wildman–Crippen MR) is 98.2 cm³/mol. The van der Waals surface area contributed by atoms with Gasteiger partial charge in [0.2, 0.25) is 5.89 Å². The average molecular weight is 414 g/mol. The number of aromatic nitrogens is 4. The highest BCUT2D eigenvalue weighted by Gasteiger charge is 2.38. The number of nitrogens with zero attached hydrogens (tertiary/aromatic N) is 6. The molecule has 1 aliphatic rings. The fraction of sp³-hybridized carbons (Fsp3) is 0.667. The zero-order valence-electron chi connectivity index (χ0n) is 16.7. The van der Waals surface area contributed by atoms with Crippen molar-refractivity contribution in [3.8, 4) is 0 Å². The largest absolute Gasteiger partial charge is 0.470 e. The lowest BCUT2D eigenvalue weighted by atomic mass is 9.92. The van der Waals surface area contributed by atoms with Gasteiger partial charge in [-0.25, -0.2) is 4.68 Å². The van der Waals surface area contributed by atoms with E-state index in [1.807, 2.05) is 25.7 Å². The summed E-state index contributed by atoms with van der Waals surface area (Å²) >= 11 is 0. The lowest BCUT2D eigenvalue weighted by Gasteiger charge is -2.33. The molecule has 0 N–H and O–H groups in total. The molecule has 1 aliphatic heterocycles. The SMILES string of the molecule is CC(C)(C)c1ccc(=O)n(CCN2CCN(Cc3nnc(C(F)(F)F)o3)CC2)n1. The van der Waals surface area contributed by atoms with Crippen LogP contribution in [-0.4, -0.2) is 62.5 Å². The Kier molecular flexibility index (Phi) is 6.08. The molecular formula is C18H25F3N6O2. The maximum atomic E-state index is 12.5. The molecule has 0 spiro atoms. The third-order valence-corrected chi connectivity index (χ3v) is 4.80. The molecule has 2 aromatic rings. The van der Waals surface area contributed by atoms with E-state index in [-0.39, 0.29) is 23.4 Å². The normalized spacial score (nSPS) is 17.0. The summed E-state index contributed by atoms with van der Waals surface area (Å²) in [6, 6.07) is 3.31. The Morgan fingerprint density at radius 2 is 1.66 bits per heavy atom. The van der Waals surface area contributed by atoms with Gasteiger partial charge in [-0.3, -0.25) is 14.6 Å². The highest BCUT2D eigenvalue weighted by atomic mass is 19.4. The van der Waals surface area contributed by atoms with Crippen LogP contribution in [0.2, 0.25) is 0 Å². The zero-order chi connectivity index (χ0) is 21.2. The summed E-state index contributed by atoms with van der Waals surface area (Å²) in [5, 5.41) is 11.0. The van der Waals surface area contributed by atoms with Crippen molar-refractivity contribution in [1.29, 1.82) is 0 Å². The summed E-state index contributed by atoms with van der Waals surface area (Å²) in [4.78, 5) is 16.2. The second-order valence-corrected chi connectivity index (χ2v) is 8.15. The average Bonchev–Trinajstić information content (AvgIpc) is 3.10. The van der Waals surface area contributed by atoms with Crippen molar-refractivity contribution in [2.75, 3.05) is 32.7 Å². The van der Waals surface area contributed by atoms with Crippen LogP contribution in [0.3, 0.4) is 0 Å². The van der Waals surface area contributed by atoms with Gasteiger partial charge in [0.05, 0.1) is 18.8 Å². The molecule has 160 valence electrons. The lowest BCUT2D eigenvalue weighted by molar-refractivity contribution is -0.157. The molecule has 1 saturated heterocycles. The molecule has 3 heterocycles. The van der Waals surface area contributed by atoms with E-state index < -0.39 is 12.1 Å². The first-order valence-electron chi connectivity index (χ1n) is 9.45. The molecule has 0 atom stereocenters. The zero-order valence-corrected chi connectivity index (χ0v) is 16.7. The van der Waals surface area contributed by atoms with E-state index in [4.69, 9.17) is 0 Å². The first-order chi connectivity index (χ1) is 13.5. The second kappa shape index (κ2) is 8.23. The first kappa shape index (κ1) is 21.4. The number of hydrogen-bond donors (Lipinski definition) is 0. The Morgan fingerprint density at radius 3 is 2.24 bits per heavy atom. The summed E-state index contributed by atoms with van der Waals surface area (Å²) in [5.74, 6) is -1.36. The number of halogens is 3. The van der Waals surface area contributed by atoms with Gasteiger partial charge in [0.1, 0.15) is 0 Å². The fourth-order valence-corrected chi connectivity index (χ4v) is 3.04. The highest BCUT2D eigenvalue weighted by molar-refractivity contribution is 5.10. The number of rotatable bonds is 5. The molecule has 2 aromatic heterocycles. The first-order valence-corrected chi connectivity index (χ1v) is 9.45. The Labute approximate surface area is 166 Å². The maximum Gasteiger partial charge on any atom is 0.470 e. The fourth-order valence-electron chi connectivity index (χ4n) is 3.04. The van der Waals surface area contributed by atoms with Crippen molar-refractivity contribution >= 4 is 0 Å². The van der Waals surface area contributed by atoms with Crippen LogP contribution in [0.5, 0.6) is 0 Å². The van der Waals surface area contributed by atoms with Crippen molar-refractivity contribution in [3.05, 3.63) is 40.0 Å². The van der Waals surface area contributed by atoms with Crippen molar-refractivity contribution in [3.63, 3.8) is 0 Å². The van der Waals surface area contributed by atoms with E-state index in [1.54, 1.807) is 12.1 Å². The molecule has 0 unspecified atom stereocenters. The summed E-state index contributed by atoms with van der Waals surface area (Å²) in [6.07, 6.45) is -4.62. The second-order valence-electron chi connectivity index (χ2n) is 8.15. The van der Waals surface area contributed by atoms with Crippen molar-refractivity contribution in [2.45, 2.75) is 45.5 Å². The Bertz CT molecular complexity index is 879. The molecule has 0 aromatic carbocycles. The van der Waals surface area contributed by atoms with Crippen LogP contribution in [0.15, 0.2) is 21.3 Å². The van der Waals surface area contributed by atoms with Gasteiger partial charge >= 0.3 is 12.1 Å². The minimum absolute atomic E-state index is 0.0412. The quantitative estimate of drug-likeness (QED) is 0.738. The molecule has 0 amide bonds.